The molecule has 1 aromatic heterocycles. The van der Waals surface area contributed by atoms with E-state index in [1.54, 1.807) is 0 Å². The first-order chi connectivity index (χ1) is 11.0. The number of rotatable bonds is 3. The summed E-state index contributed by atoms with van der Waals surface area (Å²) in [4.78, 5) is 9.65. The minimum absolute atomic E-state index is 0.0994. The van der Waals surface area contributed by atoms with Gasteiger partial charge in [0.25, 0.3) is 0 Å². The Hall–Kier alpha value is -1.96. The molecule has 0 bridgehead atoms. The van der Waals surface area contributed by atoms with Gasteiger partial charge in [-0.25, -0.2) is 0 Å². The minimum Gasteiger partial charge on any atom is -0.261 e. The Morgan fingerprint density at radius 1 is 1.00 bits per heavy atom. The Kier molecular flexibility index (Phi) is 4.61. The number of aromatic nitrogens is 1. The summed E-state index contributed by atoms with van der Waals surface area (Å²) in [6, 6.07) is 16.7. The van der Waals surface area contributed by atoms with Gasteiger partial charge in [0.05, 0.1) is 5.69 Å². The van der Waals surface area contributed by atoms with Crippen molar-refractivity contribution < 1.29 is 0 Å². The van der Waals surface area contributed by atoms with Crippen molar-refractivity contribution in [1.82, 2.24) is 4.98 Å². The van der Waals surface area contributed by atoms with Gasteiger partial charge in [0.15, 0.2) is 0 Å². The van der Waals surface area contributed by atoms with E-state index in [-0.39, 0.29) is 5.41 Å². The molecular weight excluding hydrogens is 280 g/mol. The Labute approximate surface area is 139 Å². The van der Waals surface area contributed by atoms with Gasteiger partial charge in [-0.15, -0.1) is 0 Å². The molecule has 2 atom stereocenters. The van der Waals surface area contributed by atoms with E-state index in [1.807, 2.05) is 18.2 Å². The van der Waals surface area contributed by atoms with E-state index in [9.17, 15) is 0 Å². The van der Waals surface area contributed by atoms with Crippen LogP contribution in [0.25, 0.3) is 0 Å². The fourth-order valence-corrected chi connectivity index (χ4v) is 3.31. The van der Waals surface area contributed by atoms with Gasteiger partial charge in [-0.2, -0.15) is 0 Å². The molecule has 1 aliphatic rings. The number of nitrogens with zero attached hydrogens (tertiary/aromatic N) is 2. The number of hydrogen-bond acceptors (Lipinski definition) is 2. The lowest BCUT2D eigenvalue weighted by molar-refractivity contribution is 0.551. The Bertz CT molecular complexity index is 668. The monoisotopic (exact) mass is 306 g/mol. The number of hydrogen-bond donors (Lipinski definition) is 0. The lowest BCUT2D eigenvalue weighted by Crippen LogP contribution is -2.16. The first-order valence-corrected chi connectivity index (χ1v) is 8.61. The summed E-state index contributed by atoms with van der Waals surface area (Å²) in [5, 5.41) is 0. The van der Waals surface area contributed by atoms with Crippen LogP contribution in [0, 0.1) is 5.92 Å². The molecule has 3 rings (SSSR count). The first-order valence-electron chi connectivity index (χ1n) is 8.61. The van der Waals surface area contributed by atoms with Gasteiger partial charge in [0, 0.05) is 34.9 Å². The van der Waals surface area contributed by atoms with Crippen LogP contribution in [0.1, 0.15) is 57.3 Å². The first kappa shape index (κ1) is 15.9. The van der Waals surface area contributed by atoms with Gasteiger partial charge in [-0.3, -0.25) is 9.98 Å². The maximum absolute atomic E-state index is 4.97. The van der Waals surface area contributed by atoms with Gasteiger partial charge in [0.2, 0.25) is 0 Å². The molecule has 1 aliphatic carbocycles. The summed E-state index contributed by atoms with van der Waals surface area (Å²) in [5.74, 6) is 1.00. The van der Waals surface area contributed by atoms with Crippen LogP contribution in [-0.4, -0.2) is 11.2 Å². The Morgan fingerprint density at radius 2 is 1.78 bits per heavy atom. The highest BCUT2D eigenvalue weighted by molar-refractivity contribution is 5.67. The second-order valence-corrected chi connectivity index (χ2v) is 7.51. The van der Waals surface area contributed by atoms with Crippen LogP contribution in [0.3, 0.4) is 0 Å². The molecule has 2 aromatic rings. The summed E-state index contributed by atoms with van der Waals surface area (Å²) in [6.07, 6.45) is 5.84. The second-order valence-electron chi connectivity index (χ2n) is 7.51. The van der Waals surface area contributed by atoms with Crippen LogP contribution in [0.15, 0.2) is 53.5 Å². The van der Waals surface area contributed by atoms with Crippen molar-refractivity contribution >= 4 is 11.9 Å². The minimum atomic E-state index is 0.0994. The van der Waals surface area contributed by atoms with Crippen molar-refractivity contribution in [2.24, 2.45) is 10.9 Å². The van der Waals surface area contributed by atoms with E-state index >= 15 is 0 Å². The van der Waals surface area contributed by atoms with E-state index in [0.29, 0.717) is 11.8 Å². The molecule has 2 nitrogen and oxygen atoms in total. The van der Waals surface area contributed by atoms with Crippen molar-refractivity contribution in [1.29, 1.82) is 0 Å². The van der Waals surface area contributed by atoms with Crippen molar-refractivity contribution in [3.8, 4) is 0 Å². The van der Waals surface area contributed by atoms with Crippen molar-refractivity contribution in [3.05, 3.63) is 59.9 Å². The number of pyridine rings is 1. The van der Waals surface area contributed by atoms with Crippen LogP contribution in [0.4, 0.5) is 5.69 Å². The molecule has 1 fully saturated rings. The van der Waals surface area contributed by atoms with Crippen molar-refractivity contribution in [2.75, 3.05) is 0 Å². The maximum Gasteiger partial charge on any atom is 0.0625 e. The molecule has 1 heterocycles. The van der Waals surface area contributed by atoms with Gasteiger partial charge < -0.3 is 0 Å². The lowest BCUT2D eigenvalue weighted by Gasteiger charge is -2.21. The Morgan fingerprint density at radius 3 is 2.52 bits per heavy atom. The molecule has 0 spiro atoms. The van der Waals surface area contributed by atoms with Crippen LogP contribution < -0.4 is 0 Å². The number of benzene rings is 1. The predicted molar refractivity (Wildman–Crippen MR) is 97.6 cm³/mol. The van der Waals surface area contributed by atoms with Gasteiger partial charge in [-0.05, 0) is 37.1 Å². The van der Waals surface area contributed by atoms with E-state index < -0.39 is 0 Å². The summed E-state index contributed by atoms with van der Waals surface area (Å²) < 4.78 is 0. The normalized spacial score (nSPS) is 21.9. The quantitative estimate of drug-likeness (QED) is 0.671. The van der Waals surface area contributed by atoms with E-state index in [1.165, 1.54) is 30.7 Å². The largest absolute Gasteiger partial charge is 0.261 e. The molecule has 0 amide bonds. The van der Waals surface area contributed by atoms with E-state index in [4.69, 9.17) is 4.98 Å². The average molecular weight is 306 g/mol. The highest BCUT2D eigenvalue weighted by Crippen LogP contribution is 2.38. The molecule has 23 heavy (non-hydrogen) atoms. The highest BCUT2D eigenvalue weighted by atomic mass is 14.8. The molecule has 0 aliphatic heterocycles. The fourth-order valence-electron chi connectivity index (χ4n) is 3.31. The second kappa shape index (κ2) is 6.66. The predicted octanol–water partition coefficient (Wildman–Crippen LogP) is 5.67. The summed E-state index contributed by atoms with van der Waals surface area (Å²) in [6.45, 7) is 6.67. The average Bonchev–Trinajstić information content (AvgIpc) is 3.02. The highest BCUT2D eigenvalue weighted by Gasteiger charge is 2.29. The van der Waals surface area contributed by atoms with E-state index in [0.717, 1.165) is 5.69 Å². The summed E-state index contributed by atoms with van der Waals surface area (Å²) >= 11 is 0. The molecule has 2 unspecified atom stereocenters. The lowest BCUT2D eigenvalue weighted by atomic mass is 9.89. The summed E-state index contributed by atoms with van der Waals surface area (Å²) in [5.41, 5.74) is 3.55. The number of aliphatic imine (C=N–C) groups is 1. The SMILES string of the molecule is CC(C)(C)c1cccc(C2CCCC2C=Nc2ccccc2)n1. The zero-order valence-corrected chi connectivity index (χ0v) is 14.4. The third-order valence-corrected chi connectivity index (χ3v) is 4.66. The molecule has 1 aromatic carbocycles. The molecule has 1 saturated carbocycles. The third-order valence-electron chi connectivity index (χ3n) is 4.66. The standard InChI is InChI=1S/C21H26N2/c1-21(2,3)20-14-8-13-19(23-20)18-12-7-9-16(18)15-22-17-10-5-4-6-11-17/h4-6,8,10-11,13-16,18H,7,9,12H2,1-3H3. The molecule has 0 radical (unpaired) electrons. The zero-order valence-electron chi connectivity index (χ0n) is 14.4. The smallest absolute Gasteiger partial charge is 0.0625 e. The summed E-state index contributed by atoms with van der Waals surface area (Å²) in [7, 11) is 0. The van der Waals surface area contributed by atoms with Crippen LogP contribution in [0.5, 0.6) is 0 Å². The molecule has 120 valence electrons. The zero-order chi connectivity index (χ0) is 16.3. The van der Waals surface area contributed by atoms with Crippen LogP contribution in [-0.2, 0) is 5.41 Å². The van der Waals surface area contributed by atoms with Crippen molar-refractivity contribution in [2.45, 2.75) is 51.4 Å². The molecule has 0 N–H and O–H groups in total. The van der Waals surface area contributed by atoms with Gasteiger partial charge in [-0.1, -0.05) is 51.5 Å². The topological polar surface area (TPSA) is 25.2 Å². The maximum atomic E-state index is 4.97. The Balaban J connectivity index is 1.81. The van der Waals surface area contributed by atoms with Crippen LogP contribution >= 0.6 is 0 Å². The van der Waals surface area contributed by atoms with Gasteiger partial charge in [0.1, 0.15) is 0 Å². The van der Waals surface area contributed by atoms with Gasteiger partial charge >= 0.3 is 0 Å². The van der Waals surface area contributed by atoms with E-state index in [2.05, 4.69) is 62.3 Å². The molecular formula is C21H26N2. The molecule has 2 heteroatoms. The third kappa shape index (κ3) is 3.87. The molecule has 0 saturated heterocycles. The van der Waals surface area contributed by atoms with Crippen LogP contribution in [0.2, 0.25) is 0 Å². The van der Waals surface area contributed by atoms with Crippen molar-refractivity contribution in [3.63, 3.8) is 0 Å². The fraction of sp³-hybridized carbons (Fsp3) is 0.429. The number of para-hydroxylation sites is 1.